The Kier molecular flexibility index (Phi) is 4.26. The van der Waals surface area contributed by atoms with Crippen LogP contribution in [0.25, 0.3) is 0 Å². The maximum atomic E-state index is 10.1. The van der Waals surface area contributed by atoms with Gasteiger partial charge in [0.25, 0.3) is 0 Å². The van der Waals surface area contributed by atoms with E-state index in [4.69, 9.17) is 5.11 Å². The molecule has 0 aliphatic heterocycles. The summed E-state index contributed by atoms with van der Waals surface area (Å²) in [6, 6.07) is 1.87. The highest BCUT2D eigenvalue weighted by Crippen LogP contribution is 1.87. The molecule has 1 heterocycles. The van der Waals surface area contributed by atoms with E-state index >= 15 is 0 Å². The lowest BCUT2D eigenvalue weighted by Gasteiger charge is -2.00. The zero-order valence-electron chi connectivity index (χ0n) is 7.76. The fourth-order valence-electron chi connectivity index (χ4n) is 0.989. The first-order valence-corrected chi connectivity index (χ1v) is 4.39. The average Bonchev–Trinajstić information content (AvgIpc) is 2.63. The number of aromatic nitrogens is 2. The monoisotopic (exact) mass is 195 g/mol. The maximum Gasteiger partial charge on any atom is 0.329 e. The van der Waals surface area contributed by atoms with Gasteiger partial charge in [-0.25, -0.2) is 4.79 Å². The van der Waals surface area contributed by atoms with Gasteiger partial charge in [-0.15, -0.1) is 0 Å². The van der Waals surface area contributed by atoms with E-state index in [0.29, 0.717) is 0 Å². The lowest BCUT2D eigenvalue weighted by atomic mass is 10.4. The number of hydrogen-bond acceptors (Lipinski definition) is 3. The molecule has 0 atom stereocenters. The van der Waals surface area contributed by atoms with Gasteiger partial charge in [0.2, 0.25) is 0 Å². The van der Waals surface area contributed by atoms with Gasteiger partial charge in [0.05, 0.1) is 0 Å². The summed E-state index contributed by atoms with van der Waals surface area (Å²) >= 11 is 0. The Morgan fingerprint density at radius 3 is 3.14 bits per heavy atom. The average molecular weight is 195 g/mol. The number of rotatable bonds is 6. The molecule has 1 aromatic rings. The van der Waals surface area contributed by atoms with Crippen molar-refractivity contribution in [3.63, 3.8) is 0 Å². The van der Waals surface area contributed by atoms with Gasteiger partial charge in [-0.2, -0.15) is 5.10 Å². The summed E-state index contributed by atoms with van der Waals surface area (Å²) in [5.74, 6) is -0.940. The van der Waals surface area contributed by atoms with Gasteiger partial charge in [-0.05, 0) is 12.5 Å². The molecular weight excluding hydrogens is 182 g/mol. The predicted molar refractivity (Wildman–Crippen MR) is 51.6 cm³/mol. The Morgan fingerprint density at radius 1 is 1.64 bits per heavy atom. The van der Waals surface area contributed by atoms with Crippen molar-refractivity contribution in [2.24, 2.45) is 0 Å². The van der Waals surface area contributed by atoms with E-state index in [2.05, 4.69) is 10.4 Å². The number of carbonyl (C=O) groups is 1. The van der Waals surface area contributed by atoms with Gasteiger partial charge in [0.15, 0.2) is 0 Å². The van der Waals surface area contributed by atoms with Crippen molar-refractivity contribution in [3.8, 4) is 0 Å². The van der Waals surface area contributed by atoms with E-state index in [9.17, 15) is 4.79 Å². The normalized spacial score (nSPS) is 10.6. The molecule has 0 fully saturated rings. The number of carboxylic acids is 1. The molecule has 5 nitrogen and oxygen atoms in total. The summed E-state index contributed by atoms with van der Waals surface area (Å²) in [7, 11) is 0. The van der Waals surface area contributed by atoms with Crippen LogP contribution in [-0.4, -0.2) is 27.4 Å². The van der Waals surface area contributed by atoms with Gasteiger partial charge < -0.3 is 10.4 Å². The van der Waals surface area contributed by atoms with Gasteiger partial charge >= 0.3 is 5.97 Å². The minimum Gasteiger partial charge on any atom is -0.478 e. The fraction of sp³-hybridized carbons (Fsp3) is 0.333. The van der Waals surface area contributed by atoms with Crippen LogP contribution in [0.15, 0.2) is 30.7 Å². The number of hydrogen-bond donors (Lipinski definition) is 2. The Balaban J connectivity index is 2.03. The first-order chi connectivity index (χ1) is 6.79. The second-order valence-electron chi connectivity index (χ2n) is 2.75. The highest BCUT2D eigenvalue weighted by atomic mass is 16.4. The Bertz CT molecular complexity index is 293. The van der Waals surface area contributed by atoms with Crippen molar-refractivity contribution >= 4 is 5.97 Å². The topological polar surface area (TPSA) is 67.2 Å². The van der Waals surface area contributed by atoms with Gasteiger partial charge in [-0.1, -0.05) is 0 Å². The SMILES string of the molecule is O=C(O)/C=C/NCCCn1cccn1. The fourth-order valence-corrected chi connectivity index (χ4v) is 0.989. The molecule has 0 bridgehead atoms. The summed E-state index contributed by atoms with van der Waals surface area (Å²) in [6.07, 6.45) is 7.05. The number of aryl methyl sites for hydroxylation is 1. The van der Waals surface area contributed by atoms with Crippen LogP contribution < -0.4 is 5.32 Å². The van der Waals surface area contributed by atoms with Crippen LogP contribution in [0.3, 0.4) is 0 Å². The van der Waals surface area contributed by atoms with Gasteiger partial charge in [0.1, 0.15) is 0 Å². The lowest BCUT2D eigenvalue weighted by molar-refractivity contribution is -0.131. The van der Waals surface area contributed by atoms with Crippen molar-refractivity contribution < 1.29 is 9.90 Å². The molecule has 1 rings (SSSR count). The molecule has 0 amide bonds. The van der Waals surface area contributed by atoms with Gasteiger partial charge in [0, 0.05) is 37.8 Å². The van der Waals surface area contributed by atoms with Crippen LogP contribution in [0, 0.1) is 0 Å². The molecule has 0 aromatic carbocycles. The molecule has 0 aliphatic rings. The van der Waals surface area contributed by atoms with E-state index in [1.54, 1.807) is 6.20 Å². The Hall–Kier alpha value is -1.78. The molecule has 0 saturated carbocycles. The van der Waals surface area contributed by atoms with E-state index in [1.807, 2.05) is 16.9 Å². The molecule has 1 aromatic heterocycles. The third-order valence-electron chi connectivity index (χ3n) is 1.61. The highest BCUT2D eigenvalue weighted by Gasteiger charge is 1.89. The lowest BCUT2D eigenvalue weighted by Crippen LogP contribution is -2.11. The zero-order valence-corrected chi connectivity index (χ0v) is 7.76. The largest absolute Gasteiger partial charge is 0.478 e. The summed E-state index contributed by atoms with van der Waals surface area (Å²) in [4.78, 5) is 10.1. The van der Waals surface area contributed by atoms with Crippen molar-refractivity contribution in [2.75, 3.05) is 6.54 Å². The second-order valence-corrected chi connectivity index (χ2v) is 2.75. The molecule has 76 valence electrons. The third kappa shape index (κ3) is 4.30. The van der Waals surface area contributed by atoms with Gasteiger partial charge in [-0.3, -0.25) is 4.68 Å². The Labute approximate surface area is 82.0 Å². The molecule has 5 heteroatoms. The summed E-state index contributed by atoms with van der Waals surface area (Å²) in [5, 5.41) is 15.2. The zero-order chi connectivity index (χ0) is 10.2. The number of nitrogens with one attached hydrogen (secondary N) is 1. The van der Waals surface area contributed by atoms with Crippen LogP contribution in [0.2, 0.25) is 0 Å². The highest BCUT2D eigenvalue weighted by molar-refractivity contribution is 5.79. The summed E-state index contributed by atoms with van der Waals surface area (Å²) in [5.41, 5.74) is 0. The number of nitrogens with zero attached hydrogens (tertiary/aromatic N) is 2. The van der Waals surface area contributed by atoms with Crippen LogP contribution >= 0.6 is 0 Å². The summed E-state index contributed by atoms with van der Waals surface area (Å²) < 4.78 is 1.84. The number of aliphatic carboxylic acids is 1. The standard InChI is InChI=1S/C9H13N3O2/c13-9(14)3-6-10-4-1-7-12-8-2-5-11-12/h2-3,5-6,8,10H,1,4,7H2,(H,13,14)/b6-3+. The first kappa shape index (κ1) is 10.3. The molecule has 0 aliphatic carbocycles. The summed E-state index contributed by atoms with van der Waals surface area (Å²) in [6.45, 7) is 1.57. The molecule has 0 unspecified atom stereocenters. The minimum atomic E-state index is -0.940. The van der Waals surface area contributed by atoms with Crippen molar-refractivity contribution in [2.45, 2.75) is 13.0 Å². The maximum absolute atomic E-state index is 10.1. The third-order valence-corrected chi connectivity index (χ3v) is 1.61. The molecular formula is C9H13N3O2. The quantitative estimate of drug-likeness (QED) is 0.511. The molecule has 2 N–H and O–H groups in total. The molecule has 0 radical (unpaired) electrons. The smallest absolute Gasteiger partial charge is 0.329 e. The van der Waals surface area contributed by atoms with E-state index < -0.39 is 5.97 Å². The predicted octanol–water partition coefficient (Wildman–Crippen LogP) is 0.461. The molecule has 0 spiro atoms. The van der Waals surface area contributed by atoms with Crippen molar-refractivity contribution in [1.29, 1.82) is 0 Å². The van der Waals surface area contributed by atoms with Crippen LogP contribution in [0.5, 0.6) is 0 Å². The molecule has 14 heavy (non-hydrogen) atoms. The van der Waals surface area contributed by atoms with E-state index in [-0.39, 0.29) is 0 Å². The number of carboxylic acid groups (broad SMARTS) is 1. The first-order valence-electron chi connectivity index (χ1n) is 4.39. The second kappa shape index (κ2) is 5.80. The molecule has 0 saturated heterocycles. The van der Waals surface area contributed by atoms with E-state index in [1.165, 1.54) is 6.20 Å². The van der Waals surface area contributed by atoms with Crippen LogP contribution in [-0.2, 0) is 11.3 Å². The van der Waals surface area contributed by atoms with Crippen molar-refractivity contribution in [3.05, 3.63) is 30.7 Å². The van der Waals surface area contributed by atoms with Crippen LogP contribution in [0.4, 0.5) is 0 Å². The van der Waals surface area contributed by atoms with Crippen LogP contribution in [0.1, 0.15) is 6.42 Å². The minimum absolute atomic E-state index is 0.740. The Morgan fingerprint density at radius 2 is 2.50 bits per heavy atom. The van der Waals surface area contributed by atoms with E-state index in [0.717, 1.165) is 25.6 Å². The van der Waals surface area contributed by atoms with Crippen molar-refractivity contribution in [1.82, 2.24) is 15.1 Å².